The van der Waals surface area contributed by atoms with Crippen LogP contribution in [0.15, 0.2) is 6.07 Å². The average Bonchev–Trinajstić information content (AvgIpc) is 3.00. The monoisotopic (exact) mass is 290 g/mol. The summed E-state index contributed by atoms with van der Waals surface area (Å²) in [6, 6.07) is 1.74. The van der Waals surface area contributed by atoms with Crippen LogP contribution in [0, 0.1) is 12.8 Å². The number of hydrogen-bond acceptors (Lipinski definition) is 5. The van der Waals surface area contributed by atoms with Gasteiger partial charge in [0.15, 0.2) is 0 Å². The van der Waals surface area contributed by atoms with Crippen LogP contribution in [-0.4, -0.2) is 40.5 Å². The third-order valence-corrected chi connectivity index (χ3v) is 4.29. The fraction of sp³-hybridized carbons (Fsp3) is 0.667. The number of morpholine rings is 1. The van der Waals surface area contributed by atoms with Crippen LogP contribution in [0.1, 0.15) is 43.3 Å². The number of ether oxygens (including phenoxy) is 1. The highest BCUT2D eigenvalue weighted by Crippen LogP contribution is 2.29. The summed E-state index contributed by atoms with van der Waals surface area (Å²) < 4.78 is 5.78. The van der Waals surface area contributed by atoms with Crippen LogP contribution in [0.3, 0.4) is 0 Å². The molecule has 6 heteroatoms. The number of amides is 1. The Bertz CT molecular complexity index is 508. The van der Waals surface area contributed by atoms with Gasteiger partial charge in [0.05, 0.1) is 18.8 Å². The topological polar surface area (TPSA) is 81.3 Å². The fourth-order valence-corrected chi connectivity index (χ4v) is 3.24. The second-order valence-electron chi connectivity index (χ2n) is 5.89. The second-order valence-corrected chi connectivity index (χ2v) is 5.89. The Morgan fingerprint density at radius 3 is 2.86 bits per heavy atom. The van der Waals surface area contributed by atoms with Gasteiger partial charge < -0.3 is 15.4 Å². The van der Waals surface area contributed by atoms with Gasteiger partial charge in [0.25, 0.3) is 0 Å². The molecule has 0 bridgehead atoms. The number of aromatic nitrogens is 2. The lowest BCUT2D eigenvalue weighted by Crippen LogP contribution is -2.44. The molecule has 1 amide bonds. The Hall–Kier alpha value is -1.69. The number of hydrogen-bond donors (Lipinski definition) is 1. The highest BCUT2D eigenvalue weighted by atomic mass is 16.5. The maximum Gasteiger partial charge on any atom is 0.225 e. The number of nitrogen functional groups attached to an aromatic ring is 1. The molecular formula is C15H22N4O2. The van der Waals surface area contributed by atoms with Crippen LogP contribution in [0.4, 0.5) is 5.82 Å². The largest absolute Gasteiger partial charge is 0.384 e. The number of carbonyl (C=O) groups excluding carboxylic acids is 1. The standard InChI is InChI=1S/C15H22N4O2/c1-10-17-12(8-14(16)18-10)13-9-19(6-7-21-13)15(20)11-4-2-3-5-11/h8,11,13H,2-7,9H2,1H3,(H2,16,17,18)/t13-/m0/s1. The summed E-state index contributed by atoms with van der Waals surface area (Å²) in [6.45, 7) is 3.59. The van der Waals surface area contributed by atoms with E-state index in [9.17, 15) is 4.79 Å². The van der Waals surface area contributed by atoms with Gasteiger partial charge in [-0.1, -0.05) is 12.8 Å². The number of anilines is 1. The minimum atomic E-state index is -0.201. The molecule has 21 heavy (non-hydrogen) atoms. The van der Waals surface area contributed by atoms with Crippen LogP contribution in [0.2, 0.25) is 0 Å². The number of aryl methyl sites for hydroxylation is 1. The Morgan fingerprint density at radius 2 is 2.14 bits per heavy atom. The predicted molar refractivity (Wildman–Crippen MR) is 78.4 cm³/mol. The third kappa shape index (κ3) is 3.15. The molecule has 6 nitrogen and oxygen atoms in total. The molecule has 1 saturated carbocycles. The van der Waals surface area contributed by atoms with Crippen molar-refractivity contribution in [3.63, 3.8) is 0 Å². The summed E-state index contributed by atoms with van der Waals surface area (Å²) >= 11 is 0. The van der Waals surface area contributed by atoms with E-state index in [1.165, 1.54) is 12.8 Å². The maximum atomic E-state index is 12.5. The lowest BCUT2D eigenvalue weighted by atomic mass is 10.1. The Morgan fingerprint density at radius 1 is 1.38 bits per heavy atom. The summed E-state index contributed by atoms with van der Waals surface area (Å²) in [7, 11) is 0. The summed E-state index contributed by atoms with van der Waals surface area (Å²) in [5, 5.41) is 0. The molecule has 1 aliphatic heterocycles. The normalized spacial score (nSPS) is 23.5. The maximum absolute atomic E-state index is 12.5. The van der Waals surface area contributed by atoms with Gasteiger partial charge in [0.2, 0.25) is 5.91 Å². The zero-order valence-electron chi connectivity index (χ0n) is 12.4. The second kappa shape index (κ2) is 5.97. The van der Waals surface area contributed by atoms with E-state index in [0.717, 1.165) is 18.5 Å². The molecule has 1 saturated heterocycles. The minimum absolute atomic E-state index is 0.201. The summed E-state index contributed by atoms with van der Waals surface area (Å²) in [4.78, 5) is 22.9. The summed E-state index contributed by atoms with van der Waals surface area (Å²) in [5.74, 6) is 1.56. The van der Waals surface area contributed by atoms with E-state index < -0.39 is 0 Å². The molecule has 1 aromatic heterocycles. The van der Waals surface area contributed by atoms with Gasteiger partial charge in [-0.2, -0.15) is 0 Å². The van der Waals surface area contributed by atoms with E-state index in [0.29, 0.717) is 31.3 Å². The van der Waals surface area contributed by atoms with Crippen LogP contribution in [0.5, 0.6) is 0 Å². The van der Waals surface area contributed by atoms with Gasteiger partial charge in [-0.15, -0.1) is 0 Å². The number of nitrogens with zero attached hydrogens (tertiary/aromatic N) is 3. The molecular weight excluding hydrogens is 268 g/mol. The van der Waals surface area contributed by atoms with Gasteiger partial charge in [-0.3, -0.25) is 4.79 Å². The van der Waals surface area contributed by atoms with Crippen molar-refractivity contribution in [3.05, 3.63) is 17.6 Å². The van der Waals surface area contributed by atoms with Crippen molar-refractivity contribution < 1.29 is 9.53 Å². The lowest BCUT2D eigenvalue weighted by molar-refractivity contribution is -0.143. The lowest BCUT2D eigenvalue weighted by Gasteiger charge is -2.34. The first-order valence-electron chi connectivity index (χ1n) is 7.65. The first-order chi connectivity index (χ1) is 10.1. The first kappa shape index (κ1) is 14.3. The molecule has 1 aliphatic carbocycles. The average molecular weight is 290 g/mol. The van der Waals surface area contributed by atoms with E-state index in [1.54, 1.807) is 6.07 Å². The zero-order valence-corrected chi connectivity index (χ0v) is 12.4. The molecule has 1 aromatic rings. The first-order valence-corrected chi connectivity index (χ1v) is 7.65. The van der Waals surface area contributed by atoms with Gasteiger partial charge in [-0.25, -0.2) is 9.97 Å². The van der Waals surface area contributed by atoms with E-state index >= 15 is 0 Å². The van der Waals surface area contributed by atoms with Gasteiger partial charge in [0, 0.05) is 18.5 Å². The van der Waals surface area contributed by atoms with E-state index in [1.807, 2.05) is 11.8 Å². The van der Waals surface area contributed by atoms with Crippen molar-refractivity contribution >= 4 is 11.7 Å². The third-order valence-electron chi connectivity index (χ3n) is 4.29. The molecule has 1 atom stereocenters. The zero-order chi connectivity index (χ0) is 14.8. The molecule has 2 aliphatic rings. The molecule has 114 valence electrons. The Labute approximate surface area is 124 Å². The van der Waals surface area contributed by atoms with Crippen molar-refractivity contribution in [2.45, 2.75) is 38.7 Å². The predicted octanol–water partition coefficient (Wildman–Crippen LogP) is 1.46. The summed E-state index contributed by atoms with van der Waals surface area (Å²) in [6.07, 6.45) is 4.20. The van der Waals surface area contributed by atoms with Gasteiger partial charge in [0.1, 0.15) is 17.7 Å². The van der Waals surface area contributed by atoms with Gasteiger partial charge in [-0.05, 0) is 19.8 Å². The number of carbonyl (C=O) groups is 1. The van der Waals surface area contributed by atoms with Crippen molar-refractivity contribution in [1.82, 2.24) is 14.9 Å². The van der Waals surface area contributed by atoms with Crippen LogP contribution in [-0.2, 0) is 9.53 Å². The quantitative estimate of drug-likeness (QED) is 0.891. The Kier molecular flexibility index (Phi) is 4.05. The van der Waals surface area contributed by atoms with Gasteiger partial charge >= 0.3 is 0 Å². The van der Waals surface area contributed by atoms with Crippen LogP contribution in [0.25, 0.3) is 0 Å². The molecule has 2 fully saturated rings. The van der Waals surface area contributed by atoms with Crippen molar-refractivity contribution in [1.29, 1.82) is 0 Å². The van der Waals surface area contributed by atoms with Crippen molar-refractivity contribution in [2.24, 2.45) is 5.92 Å². The van der Waals surface area contributed by atoms with E-state index in [-0.39, 0.29) is 17.9 Å². The van der Waals surface area contributed by atoms with E-state index in [4.69, 9.17) is 10.5 Å². The number of rotatable bonds is 2. The molecule has 0 spiro atoms. The fourth-order valence-electron chi connectivity index (χ4n) is 3.24. The molecule has 3 rings (SSSR count). The molecule has 0 aromatic carbocycles. The molecule has 2 heterocycles. The highest BCUT2D eigenvalue weighted by Gasteiger charge is 2.32. The van der Waals surface area contributed by atoms with Crippen molar-refractivity contribution in [3.8, 4) is 0 Å². The molecule has 2 N–H and O–H groups in total. The van der Waals surface area contributed by atoms with Crippen molar-refractivity contribution in [2.75, 3.05) is 25.4 Å². The highest BCUT2D eigenvalue weighted by molar-refractivity contribution is 5.79. The Balaban J connectivity index is 1.71. The SMILES string of the molecule is Cc1nc(N)cc([C@@H]2CN(C(=O)C3CCCC3)CCO2)n1. The smallest absolute Gasteiger partial charge is 0.225 e. The van der Waals surface area contributed by atoms with E-state index in [2.05, 4.69) is 9.97 Å². The van der Waals surface area contributed by atoms with Crippen LogP contribution < -0.4 is 5.73 Å². The number of nitrogens with two attached hydrogens (primary N) is 1. The minimum Gasteiger partial charge on any atom is -0.384 e. The molecule has 0 unspecified atom stereocenters. The molecule has 0 radical (unpaired) electrons. The van der Waals surface area contributed by atoms with Crippen LogP contribution >= 0.6 is 0 Å². The summed E-state index contributed by atoms with van der Waals surface area (Å²) in [5.41, 5.74) is 6.54.